The predicted octanol–water partition coefficient (Wildman–Crippen LogP) is 1.59. The first-order chi connectivity index (χ1) is 10.9. The average molecular weight is 331 g/mol. The van der Waals surface area contributed by atoms with Crippen LogP contribution in [0.1, 0.15) is 17.2 Å². The van der Waals surface area contributed by atoms with Crippen molar-refractivity contribution in [2.45, 2.75) is 24.8 Å². The van der Waals surface area contributed by atoms with E-state index < -0.39 is 9.84 Å². The van der Waals surface area contributed by atoms with Crippen molar-refractivity contribution in [2.24, 2.45) is 7.05 Å². The number of nitrogens with zero attached hydrogens (tertiary/aromatic N) is 5. The third-order valence-electron chi connectivity index (χ3n) is 3.76. The van der Waals surface area contributed by atoms with Crippen LogP contribution in [0.3, 0.4) is 0 Å². The van der Waals surface area contributed by atoms with E-state index in [2.05, 4.69) is 15.2 Å². The summed E-state index contributed by atoms with van der Waals surface area (Å²) in [6.07, 6.45) is 3.14. The van der Waals surface area contributed by atoms with Crippen LogP contribution in [0.15, 0.2) is 41.8 Å². The number of imidazole rings is 1. The van der Waals surface area contributed by atoms with Gasteiger partial charge in [0.2, 0.25) is 15.0 Å². The second-order valence-electron chi connectivity index (χ2n) is 5.35. The largest absolute Gasteiger partial charge is 0.317 e. The highest BCUT2D eigenvalue weighted by molar-refractivity contribution is 7.90. The van der Waals surface area contributed by atoms with Crippen LogP contribution in [0.4, 0.5) is 0 Å². The zero-order valence-electron chi connectivity index (χ0n) is 13.1. The van der Waals surface area contributed by atoms with Crippen molar-refractivity contribution in [3.63, 3.8) is 0 Å². The first-order valence-corrected chi connectivity index (χ1v) is 8.72. The van der Waals surface area contributed by atoms with Crippen LogP contribution in [0.25, 0.3) is 5.69 Å². The summed E-state index contributed by atoms with van der Waals surface area (Å²) in [5.41, 5.74) is 1.76. The normalized spacial score (nSPS) is 11.8. The Morgan fingerprint density at radius 1 is 1.13 bits per heavy atom. The molecule has 8 heteroatoms. The number of hydrogen-bond acceptors (Lipinski definition) is 5. The molecule has 0 bridgehead atoms. The molecule has 120 valence electrons. The van der Waals surface area contributed by atoms with Gasteiger partial charge < -0.3 is 4.57 Å². The summed E-state index contributed by atoms with van der Waals surface area (Å²) < 4.78 is 28.8. The van der Waals surface area contributed by atoms with E-state index in [1.54, 1.807) is 29.3 Å². The van der Waals surface area contributed by atoms with Crippen LogP contribution in [-0.4, -0.2) is 32.7 Å². The maximum absolute atomic E-state index is 12.8. The van der Waals surface area contributed by atoms with Crippen molar-refractivity contribution in [1.82, 2.24) is 24.3 Å². The average Bonchev–Trinajstić information content (AvgIpc) is 3.11. The van der Waals surface area contributed by atoms with Gasteiger partial charge in [0.05, 0.1) is 5.69 Å². The number of hydrogen-bond donors (Lipinski definition) is 0. The van der Waals surface area contributed by atoms with Gasteiger partial charge in [-0.15, -0.1) is 10.2 Å². The summed E-state index contributed by atoms with van der Waals surface area (Å²) >= 11 is 0. The van der Waals surface area contributed by atoms with Crippen LogP contribution >= 0.6 is 0 Å². The molecular weight excluding hydrogens is 314 g/mol. The summed E-state index contributed by atoms with van der Waals surface area (Å²) in [6.45, 7) is 3.70. The second kappa shape index (κ2) is 5.62. The third-order valence-corrected chi connectivity index (χ3v) is 5.26. The molecule has 0 aliphatic rings. The molecule has 0 saturated carbocycles. The highest BCUT2D eigenvalue weighted by Gasteiger charge is 2.25. The molecule has 0 aliphatic heterocycles. The van der Waals surface area contributed by atoms with Gasteiger partial charge in [0.15, 0.2) is 0 Å². The van der Waals surface area contributed by atoms with Gasteiger partial charge >= 0.3 is 0 Å². The second-order valence-corrected chi connectivity index (χ2v) is 7.23. The smallest absolute Gasteiger partial charge is 0.232 e. The fourth-order valence-electron chi connectivity index (χ4n) is 2.35. The van der Waals surface area contributed by atoms with Crippen molar-refractivity contribution >= 4 is 9.84 Å². The van der Waals surface area contributed by atoms with E-state index in [0.717, 1.165) is 11.3 Å². The van der Waals surface area contributed by atoms with Crippen LogP contribution < -0.4 is 0 Å². The van der Waals surface area contributed by atoms with E-state index in [1.807, 2.05) is 31.2 Å². The molecule has 23 heavy (non-hydrogen) atoms. The minimum absolute atomic E-state index is 0.00690. The van der Waals surface area contributed by atoms with Gasteiger partial charge in [0.1, 0.15) is 17.4 Å². The lowest BCUT2D eigenvalue weighted by atomic mass is 10.2. The zero-order valence-corrected chi connectivity index (χ0v) is 13.9. The van der Waals surface area contributed by atoms with Gasteiger partial charge in [-0.3, -0.25) is 4.57 Å². The Kier molecular flexibility index (Phi) is 3.77. The first-order valence-electron chi connectivity index (χ1n) is 7.07. The van der Waals surface area contributed by atoms with Crippen LogP contribution in [0, 0.1) is 13.8 Å². The fraction of sp³-hybridized carbons (Fsp3) is 0.267. The minimum Gasteiger partial charge on any atom is -0.317 e. The van der Waals surface area contributed by atoms with Crippen LogP contribution in [0.2, 0.25) is 0 Å². The van der Waals surface area contributed by atoms with Crippen molar-refractivity contribution in [3.05, 3.63) is 53.9 Å². The third kappa shape index (κ3) is 2.77. The van der Waals surface area contributed by atoms with Gasteiger partial charge in [0, 0.05) is 19.4 Å². The van der Waals surface area contributed by atoms with E-state index >= 15 is 0 Å². The molecule has 1 aromatic carbocycles. The van der Waals surface area contributed by atoms with Gasteiger partial charge in [-0.05, 0) is 25.5 Å². The molecule has 0 fully saturated rings. The summed E-state index contributed by atoms with van der Waals surface area (Å²) in [6, 6.07) is 7.57. The van der Waals surface area contributed by atoms with Gasteiger partial charge in [-0.1, -0.05) is 18.2 Å². The zero-order chi connectivity index (χ0) is 16.6. The molecule has 3 rings (SSSR count). The van der Waals surface area contributed by atoms with Crippen molar-refractivity contribution in [3.8, 4) is 5.69 Å². The van der Waals surface area contributed by atoms with E-state index in [4.69, 9.17) is 0 Å². The molecule has 0 spiro atoms. The molecular formula is C15H17N5O2S. The molecule has 0 saturated heterocycles. The Hall–Kier alpha value is -2.48. The standard InChI is InChI=1S/C15H17N5O2S/c1-11-6-4-5-7-13(11)20-9-8-16-15(20)23(21,22)10-14-18-17-12(2)19(14)3/h4-9H,10H2,1-3H3. The first kappa shape index (κ1) is 15.4. The number of aromatic nitrogens is 5. The van der Waals surface area contributed by atoms with Crippen LogP contribution in [-0.2, 0) is 22.6 Å². The molecule has 0 aliphatic carbocycles. The predicted molar refractivity (Wildman–Crippen MR) is 84.9 cm³/mol. The Balaban J connectivity index is 2.04. The topological polar surface area (TPSA) is 82.7 Å². The molecule has 0 amide bonds. The Labute approximate surface area is 134 Å². The lowest BCUT2D eigenvalue weighted by Crippen LogP contribution is -2.15. The lowest BCUT2D eigenvalue weighted by molar-refractivity contribution is 0.580. The van der Waals surface area contributed by atoms with Crippen LogP contribution in [0.5, 0.6) is 0 Å². The number of sulfone groups is 1. The SMILES string of the molecule is Cc1ccccc1-n1ccnc1S(=O)(=O)Cc1nnc(C)n1C. The number of para-hydroxylation sites is 1. The van der Waals surface area contributed by atoms with Gasteiger partial charge in [-0.2, -0.15) is 0 Å². The number of aryl methyl sites for hydroxylation is 2. The Bertz CT molecular complexity index is 956. The van der Waals surface area contributed by atoms with Gasteiger partial charge in [-0.25, -0.2) is 13.4 Å². The highest BCUT2D eigenvalue weighted by atomic mass is 32.2. The molecule has 3 aromatic rings. The van der Waals surface area contributed by atoms with Crippen molar-refractivity contribution < 1.29 is 8.42 Å². The van der Waals surface area contributed by atoms with E-state index in [-0.39, 0.29) is 10.9 Å². The molecule has 2 heterocycles. The van der Waals surface area contributed by atoms with Crippen molar-refractivity contribution in [1.29, 1.82) is 0 Å². The highest BCUT2D eigenvalue weighted by Crippen LogP contribution is 2.20. The maximum atomic E-state index is 12.8. The Morgan fingerprint density at radius 3 is 2.52 bits per heavy atom. The Morgan fingerprint density at radius 2 is 1.87 bits per heavy atom. The molecule has 0 atom stereocenters. The quantitative estimate of drug-likeness (QED) is 0.725. The van der Waals surface area contributed by atoms with E-state index in [1.165, 1.54) is 6.20 Å². The number of benzene rings is 1. The number of rotatable bonds is 4. The lowest BCUT2D eigenvalue weighted by Gasteiger charge is -2.11. The maximum Gasteiger partial charge on any atom is 0.232 e. The molecule has 2 aromatic heterocycles. The van der Waals surface area contributed by atoms with E-state index in [9.17, 15) is 8.42 Å². The van der Waals surface area contributed by atoms with E-state index in [0.29, 0.717) is 11.6 Å². The fourth-order valence-corrected chi connectivity index (χ4v) is 3.75. The summed E-state index contributed by atoms with van der Waals surface area (Å²) in [5, 5.41) is 7.83. The summed E-state index contributed by atoms with van der Waals surface area (Å²) in [4.78, 5) is 4.06. The monoisotopic (exact) mass is 331 g/mol. The molecule has 0 N–H and O–H groups in total. The molecule has 0 radical (unpaired) electrons. The summed E-state index contributed by atoms with van der Waals surface area (Å²) in [7, 11) is -1.90. The molecule has 0 unspecified atom stereocenters. The van der Waals surface area contributed by atoms with Gasteiger partial charge in [0.25, 0.3) is 0 Å². The minimum atomic E-state index is -3.65. The van der Waals surface area contributed by atoms with Crippen molar-refractivity contribution in [2.75, 3.05) is 0 Å². The summed E-state index contributed by atoms with van der Waals surface area (Å²) in [5.74, 6) is 0.812. The molecule has 7 nitrogen and oxygen atoms in total.